The molecule has 126 valence electrons. The third-order valence-corrected chi connectivity index (χ3v) is 4.97. The van der Waals surface area contributed by atoms with E-state index < -0.39 is 0 Å². The summed E-state index contributed by atoms with van der Waals surface area (Å²) in [5.74, 6) is 1.10. The van der Waals surface area contributed by atoms with Crippen molar-refractivity contribution in [3.63, 3.8) is 0 Å². The standard InChI is InChI=1S/C18H26N2O2S/c1-14-3-5-15(6-4-14)13-18(10-8-17(22)20-18)9-7-16(21)19-11-12-23-2/h3-6H,7-13H2,1-2H3,(H,19,21)(H,20,22). The molecule has 1 atom stereocenters. The summed E-state index contributed by atoms with van der Waals surface area (Å²) in [6.45, 7) is 2.77. The lowest BCUT2D eigenvalue weighted by atomic mass is 9.85. The molecule has 0 radical (unpaired) electrons. The van der Waals surface area contributed by atoms with Crippen molar-refractivity contribution in [1.29, 1.82) is 0 Å². The second kappa shape index (κ2) is 8.39. The summed E-state index contributed by atoms with van der Waals surface area (Å²) in [5.41, 5.74) is 2.16. The van der Waals surface area contributed by atoms with Crippen LogP contribution in [0.15, 0.2) is 24.3 Å². The topological polar surface area (TPSA) is 58.2 Å². The van der Waals surface area contributed by atoms with Crippen molar-refractivity contribution >= 4 is 23.6 Å². The fourth-order valence-electron chi connectivity index (χ4n) is 3.01. The molecule has 1 aromatic carbocycles. The SMILES string of the molecule is CSCCNC(=O)CCC1(Cc2ccc(C)cc2)CCC(=O)N1. The monoisotopic (exact) mass is 334 g/mol. The number of hydrogen-bond donors (Lipinski definition) is 2. The van der Waals surface area contributed by atoms with E-state index in [1.54, 1.807) is 11.8 Å². The van der Waals surface area contributed by atoms with Gasteiger partial charge in [0.1, 0.15) is 0 Å². The van der Waals surface area contributed by atoms with Crippen LogP contribution < -0.4 is 10.6 Å². The molecule has 23 heavy (non-hydrogen) atoms. The molecule has 0 bridgehead atoms. The second-order valence-electron chi connectivity index (χ2n) is 6.33. The maximum absolute atomic E-state index is 12.0. The summed E-state index contributed by atoms with van der Waals surface area (Å²) in [6, 6.07) is 8.41. The number of nitrogens with one attached hydrogen (secondary N) is 2. The van der Waals surface area contributed by atoms with E-state index in [0.29, 0.717) is 25.8 Å². The Labute approximate surface area is 142 Å². The van der Waals surface area contributed by atoms with Gasteiger partial charge in [-0.1, -0.05) is 29.8 Å². The third kappa shape index (κ3) is 5.57. The summed E-state index contributed by atoms with van der Waals surface area (Å²) in [4.78, 5) is 23.7. The van der Waals surface area contributed by atoms with Crippen molar-refractivity contribution in [1.82, 2.24) is 10.6 Å². The zero-order valence-electron chi connectivity index (χ0n) is 14.0. The van der Waals surface area contributed by atoms with Crippen LogP contribution in [0.1, 0.15) is 36.8 Å². The molecule has 1 aliphatic rings. The molecule has 0 saturated carbocycles. The Hall–Kier alpha value is -1.49. The molecule has 4 nitrogen and oxygen atoms in total. The van der Waals surface area contributed by atoms with Gasteiger partial charge in [-0.15, -0.1) is 0 Å². The summed E-state index contributed by atoms with van der Waals surface area (Å²) in [7, 11) is 0. The van der Waals surface area contributed by atoms with Crippen LogP contribution in [-0.2, 0) is 16.0 Å². The molecule has 1 aromatic rings. The van der Waals surface area contributed by atoms with Gasteiger partial charge in [0, 0.05) is 30.7 Å². The van der Waals surface area contributed by atoms with E-state index in [1.807, 2.05) is 6.26 Å². The number of aryl methyl sites for hydroxylation is 1. The summed E-state index contributed by atoms with van der Waals surface area (Å²) < 4.78 is 0. The van der Waals surface area contributed by atoms with Gasteiger partial charge in [0.2, 0.25) is 11.8 Å². The molecule has 0 spiro atoms. The van der Waals surface area contributed by atoms with Crippen LogP contribution >= 0.6 is 11.8 Å². The number of benzene rings is 1. The van der Waals surface area contributed by atoms with E-state index in [4.69, 9.17) is 0 Å². The lowest BCUT2D eigenvalue weighted by Gasteiger charge is -2.29. The molecule has 1 fully saturated rings. The highest BCUT2D eigenvalue weighted by Gasteiger charge is 2.37. The maximum Gasteiger partial charge on any atom is 0.220 e. The fraction of sp³-hybridized carbons (Fsp3) is 0.556. The van der Waals surface area contributed by atoms with Crippen molar-refractivity contribution in [3.05, 3.63) is 35.4 Å². The Morgan fingerprint density at radius 3 is 2.70 bits per heavy atom. The van der Waals surface area contributed by atoms with Crippen LogP contribution in [0.3, 0.4) is 0 Å². The zero-order chi connectivity index (χ0) is 16.7. The van der Waals surface area contributed by atoms with Gasteiger partial charge in [-0.05, 0) is 38.0 Å². The van der Waals surface area contributed by atoms with Crippen molar-refractivity contribution < 1.29 is 9.59 Å². The lowest BCUT2D eigenvalue weighted by Crippen LogP contribution is -2.44. The molecule has 2 N–H and O–H groups in total. The highest BCUT2D eigenvalue weighted by molar-refractivity contribution is 7.98. The minimum absolute atomic E-state index is 0.0727. The first-order valence-electron chi connectivity index (χ1n) is 8.15. The third-order valence-electron chi connectivity index (χ3n) is 4.36. The molecule has 0 aliphatic carbocycles. The average molecular weight is 334 g/mol. The van der Waals surface area contributed by atoms with Crippen LogP contribution in [0.2, 0.25) is 0 Å². The van der Waals surface area contributed by atoms with Gasteiger partial charge in [-0.3, -0.25) is 9.59 Å². The highest BCUT2D eigenvalue weighted by Crippen LogP contribution is 2.29. The van der Waals surface area contributed by atoms with E-state index in [0.717, 1.165) is 18.6 Å². The molecule has 2 rings (SSSR count). The molecule has 0 aromatic heterocycles. The van der Waals surface area contributed by atoms with E-state index in [-0.39, 0.29) is 17.4 Å². The van der Waals surface area contributed by atoms with E-state index in [1.165, 1.54) is 11.1 Å². The Bertz CT molecular complexity index is 544. The molecular formula is C18H26N2O2S. The van der Waals surface area contributed by atoms with Crippen molar-refractivity contribution in [2.24, 2.45) is 0 Å². The van der Waals surface area contributed by atoms with Gasteiger partial charge >= 0.3 is 0 Å². The zero-order valence-corrected chi connectivity index (χ0v) is 14.8. The predicted octanol–water partition coefficient (Wildman–Crippen LogP) is 2.45. The van der Waals surface area contributed by atoms with Gasteiger partial charge < -0.3 is 10.6 Å². The second-order valence-corrected chi connectivity index (χ2v) is 7.32. The quantitative estimate of drug-likeness (QED) is 0.718. The first-order valence-corrected chi connectivity index (χ1v) is 9.55. The largest absolute Gasteiger partial charge is 0.355 e. The molecule has 2 amide bonds. The maximum atomic E-state index is 12.0. The minimum Gasteiger partial charge on any atom is -0.355 e. The summed E-state index contributed by atoms with van der Waals surface area (Å²) >= 11 is 1.72. The molecule has 5 heteroatoms. The van der Waals surface area contributed by atoms with Crippen LogP contribution in [0.5, 0.6) is 0 Å². The molecule has 1 saturated heterocycles. The van der Waals surface area contributed by atoms with Crippen LogP contribution in [0.4, 0.5) is 0 Å². The number of rotatable bonds is 8. The number of hydrogen-bond acceptors (Lipinski definition) is 3. The Balaban J connectivity index is 1.95. The summed E-state index contributed by atoms with van der Waals surface area (Å²) in [6.07, 6.45) is 5.32. The van der Waals surface area contributed by atoms with E-state index >= 15 is 0 Å². The molecule has 1 unspecified atom stereocenters. The normalized spacial score (nSPS) is 20.3. The van der Waals surface area contributed by atoms with Gasteiger partial charge in [-0.2, -0.15) is 11.8 Å². The Morgan fingerprint density at radius 1 is 1.35 bits per heavy atom. The Morgan fingerprint density at radius 2 is 2.09 bits per heavy atom. The predicted molar refractivity (Wildman–Crippen MR) is 95.6 cm³/mol. The molecular weight excluding hydrogens is 308 g/mol. The molecule has 1 heterocycles. The Kier molecular flexibility index (Phi) is 6.51. The lowest BCUT2D eigenvalue weighted by molar-refractivity contribution is -0.122. The van der Waals surface area contributed by atoms with Crippen molar-refractivity contribution in [2.45, 2.75) is 44.6 Å². The van der Waals surface area contributed by atoms with E-state index in [2.05, 4.69) is 41.8 Å². The van der Waals surface area contributed by atoms with Crippen LogP contribution in [0, 0.1) is 6.92 Å². The van der Waals surface area contributed by atoms with Crippen LogP contribution in [-0.4, -0.2) is 35.9 Å². The number of carbonyl (C=O) groups excluding carboxylic acids is 2. The summed E-state index contributed by atoms with van der Waals surface area (Å²) in [5, 5.41) is 6.06. The van der Waals surface area contributed by atoms with Gasteiger partial charge in [-0.25, -0.2) is 0 Å². The highest BCUT2D eigenvalue weighted by atomic mass is 32.2. The van der Waals surface area contributed by atoms with Gasteiger partial charge in [0.25, 0.3) is 0 Å². The smallest absolute Gasteiger partial charge is 0.220 e. The minimum atomic E-state index is -0.275. The van der Waals surface area contributed by atoms with Crippen molar-refractivity contribution in [3.8, 4) is 0 Å². The first-order chi connectivity index (χ1) is 11.0. The fourth-order valence-corrected chi connectivity index (χ4v) is 3.32. The van der Waals surface area contributed by atoms with Gasteiger partial charge in [0.15, 0.2) is 0 Å². The number of carbonyl (C=O) groups is 2. The first kappa shape index (κ1) is 17.9. The van der Waals surface area contributed by atoms with E-state index in [9.17, 15) is 9.59 Å². The van der Waals surface area contributed by atoms with Crippen LogP contribution in [0.25, 0.3) is 0 Å². The van der Waals surface area contributed by atoms with Crippen molar-refractivity contribution in [2.75, 3.05) is 18.6 Å². The molecule has 1 aliphatic heterocycles. The average Bonchev–Trinajstić information content (AvgIpc) is 2.89. The number of thioether (sulfide) groups is 1. The number of amides is 2. The van der Waals surface area contributed by atoms with Gasteiger partial charge in [0.05, 0.1) is 0 Å².